The van der Waals surface area contributed by atoms with Crippen molar-refractivity contribution in [2.75, 3.05) is 34.4 Å². The molecule has 1 heterocycles. The van der Waals surface area contributed by atoms with Gasteiger partial charge in [-0.05, 0) is 68.1 Å². The average Bonchev–Trinajstić information content (AvgIpc) is 3.38. The van der Waals surface area contributed by atoms with Crippen molar-refractivity contribution in [3.8, 4) is 17.2 Å². The number of hydrogen-bond acceptors (Lipinski definition) is 6. The smallest absolute Gasteiger partial charge is 0.243 e. The molecule has 180 valence electrons. The van der Waals surface area contributed by atoms with Crippen molar-refractivity contribution >= 4 is 15.9 Å². The molecule has 0 aliphatic carbocycles. The number of carbonyl (C=O) groups is 1. The van der Waals surface area contributed by atoms with Crippen LogP contribution in [0, 0.1) is 0 Å². The van der Waals surface area contributed by atoms with Crippen molar-refractivity contribution in [1.29, 1.82) is 0 Å². The van der Waals surface area contributed by atoms with Gasteiger partial charge in [-0.25, -0.2) is 8.42 Å². The Hall–Kier alpha value is -2.78. The molecule has 8 nitrogen and oxygen atoms in total. The molecule has 3 rings (SSSR count). The molecule has 1 fully saturated rings. The first-order chi connectivity index (χ1) is 15.8. The maximum Gasteiger partial charge on any atom is 0.243 e. The number of rotatable bonds is 10. The molecule has 1 amide bonds. The first kappa shape index (κ1) is 24.9. The Balaban J connectivity index is 1.71. The lowest BCUT2D eigenvalue weighted by Crippen LogP contribution is -2.28. The normalized spacial score (nSPS) is 15.2. The van der Waals surface area contributed by atoms with Gasteiger partial charge in [-0.3, -0.25) is 4.79 Å². The zero-order valence-electron chi connectivity index (χ0n) is 19.6. The number of benzene rings is 2. The van der Waals surface area contributed by atoms with Gasteiger partial charge in [0.05, 0.1) is 32.3 Å². The maximum atomic E-state index is 12.9. The van der Waals surface area contributed by atoms with E-state index >= 15 is 0 Å². The lowest BCUT2D eigenvalue weighted by Gasteiger charge is -2.19. The molecule has 9 heteroatoms. The first-order valence-electron chi connectivity index (χ1n) is 11.0. The number of amides is 1. The first-order valence-corrected chi connectivity index (χ1v) is 12.4. The second-order valence-electron chi connectivity index (χ2n) is 7.98. The van der Waals surface area contributed by atoms with Gasteiger partial charge >= 0.3 is 0 Å². The number of sulfonamides is 1. The minimum Gasteiger partial charge on any atom is -0.497 e. The molecule has 2 aromatic carbocycles. The second kappa shape index (κ2) is 10.9. The lowest BCUT2D eigenvalue weighted by molar-refractivity contribution is -0.121. The Morgan fingerprint density at radius 1 is 1.00 bits per heavy atom. The predicted molar refractivity (Wildman–Crippen MR) is 125 cm³/mol. The number of aryl methyl sites for hydroxylation is 1. The molecule has 1 aliphatic heterocycles. The number of ether oxygens (including phenoxy) is 3. The molecule has 0 bridgehead atoms. The molecule has 1 atom stereocenters. The summed E-state index contributed by atoms with van der Waals surface area (Å²) in [4.78, 5) is 12.9. The van der Waals surface area contributed by atoms with Crippen molar-refractivity contribution in [1.82, 2.24) is 9.62 Å². The van der Waals surface area contributed by atoms with Gasteiger partial charge in [0.1, 0.15) is 17.2 Å². The van der Waals surface area contributed by atoms with Crippen LogP contribution in [0.3, 0.4) is 0 Å². The number of carbonyl (C=O) groups excluding carboxylic acids is 1. The van der Waals surface area contributed by atoms with Crippen LogP contribution in [0.5, 0.6) is 17.2 Å². The Bertz CT molecular complexity index is 1080. The van der Waals surface area contributed by atoms with E-state index < -0.39 is 10.0 Å². The van der Waals surface area contributed by atoms with E-state index in [0.29, 0.717) is 42.3 Å². The van der Waals surface area contributed by atoms with Crippen LogP contribution in [0.4, 0.5) is 0 Å². The van der Waals surface area contributed by atoms with Crippen LogP contribution in [0.25, 0.3) is 0 Å². The molecular formula is C24H32N2O6S. The van der Waals surface area contributed by atoms with Crippen molar-refractivity contribution in [3.63, 3.8) is 0 Å². The Morgan fingerprint density at radius 3 is 2.30 bits per heavy atom. The van der Waals surface area contributed by atoms with E-state index in [1.807, 2.05) is 13.0 Å². The van der Waals surface area contributed by atoms with Crippen LogP contribution in [0.1, 0.15) is 43.4 Å². The molecular weight excluding hydrogens is 444 g/mol. The average molecular weight is 477 g/mol. The molecule has 0 radical (unpaired) electrons. The van der Waals surface area contributed by atoms with Crippen molar-refractivity contribution < 1.29 is 27.4 Å². The topological polar surface area (TPSA) is 94.2 Å². The molecule has 1 unspecified atom stereocenters. The van der Waals surface area contributed by atoms with Crippen molar-refractivity contribution in [3.05, 3.63) is 47.5 Å². The molecule has 1 saturated heterocycles. The van der Waals surface area contributed by atoms with Gasteiger partial charge in [-0.2, -0.15) is 4.31 Å². The summed E-state index contributed by atoms with van der Waals surface area (Å²) in [6.07, 6.45) is 2.28. The highest BCUT2D eigenvalue weighted by Gasteiger charge is 2.28. The minimum atomic E-state index is -3.54. The van der Waals surface area contributed by atoms with Gasteiger partial charge in [-0.1, -0.05) is 0 Å². The highest BCUT2D eigenvalue weighted by molar-refractivity contribution is 7.89. The van der Waals surface area contributed by atoms with Crippen LogP contribution in [0.15, 0.2) is 41.3 Å². The Kier molecular flexibility index (Phi) is 8.20. The third kappa shape index (κ3) is 5.78. The van der Waals surface area contributed by atoms with Crippen molar-refractivity contribution in [2.24, 2.45) is 0 Å². The fourth-order valence-electron chi connectivity index (χ4n) is 4.01. The molecule has 0 spiro atoms. The lowest BCUT2D eigenvalue weighted by atomic mass is 10.1. The van der Waals surface area contributed by atoms with Crippen LogP contribution >= 0.6 is 0 Å². The Morgan fingerprint density at radius 2 is 1.67 bits per heavy atom. The standard InChI is InChI=1S/C24H32N2O6S/c1-17(21-16-19(30-2)8-10-23(21)32-4)25-24(27)12-7-18-15-20(9-11-22(18)31-3)33(28,29)26-13-5-6-14-26/h8-11,15-17H,5-7,12-14H2,1-4H3,(H,25,27). The largest absolute Gasteiger partial charge is 0.497 e. The van der Waals surface area contributed by atoms with E-state index in [9.17, 15) is 13.2 Å². The number of hydrogen-bond donors (Lipinski definition) is 1. The summed E-state index contributed by atoms with van der Waals surface area (Å²) >= 11 is 0. The third-order valence-corrected chi connectivity index (χ3v) is 7.75. The molecule has 1 N–H and O–H groups in total. The molecule has 1 aliphatic rings. The summed E-state index contributed by atoms with van der Waals surface area (Å²) in [6.45, 7) is 2.95. The zero-order chi connectivity index (χ0) is 24.0. The summed E-state index contributed by atoms with van der Waals surface area (Å²) in [5, 5.41) is 2.98. The van der Waals surface area contributed by atoms with Crippen LogP contribution < -0.4 is 19.5 Å². The fraction of sp³-hybridized carbons (Fsp3) is 0.458. The molecule has 0 saturated carbocycles. The van der Waals surface area contributed by atoms with Gasteiger partial charge in [0.2, 0.25) is 15.9 Å². The SMILES string of the molecule is COc1ccc(OC)c(C(C)NC(=O)CCc2cc(S(=O)(=O)N3CCCC3)ccc2OC)c1. The third-order valence-electron chi connectivity index (χ3n) is 5.86. The van der Waals surface area contributed by atoms with Crippen LogP contribution in [0.2, 0.25) is 0 Å². The maximum absolute atomic E-state index is 12.9. The molecule has 2 aromatic rings. The van der Waals surface area contributed by atoms with E-state index in [0.717, 1.165) is 18.4 Å². The van der Waals surface area contributed by atoms with Crippen LogP contribution in [-0.2, 0) is 21.2 Å². The van der Waals surface area contributed by atoms with E-state index in [4.69, 9.17) is 14.2 Å². The second-order valence-corrected chi connectivity index (χ2v) is 9.92. The van der Waals surface area contributed by atoms with Gasteiger partial charge in [-0.15, -0.1) is 0 Å². The van der Waals surface area contributed by atoms with E-state index in [-0.39, 0.29) is 23.3 Å². The molecule has 33 heavy (non-hydrogen) atoms. The van der Waals surface area contributed by atoms with Crippen LogP contribution in [-0.4, -0.2) is 53.0 Å². The van der Waals surface area contributed by atoms with Gasteiger partial charge in [0, 0.05) is 25.1 Å². The number of nitrogens with zero attached hydrogens (tertiary/aromatic N) is 1. The van der Waals surface area contributed by atoms with Gasteiger partial charge < -0.3 is 19.5 Å². The van der Waals surface area contributed by atoms with E-state index in [1.165, 1.54) is 11.4 Å². The van der Waals surface area contributed by atoms with Gasteiger partial charge in [0.25, 0.3) is 0 Å². The van der Waals surface area contributed by atoms with E-state index in [2.05, 4.69) is 5.32 Å². The molecule has 0 aromatic heterocycles. The monoisotopic (exact) mass is 476 g/mol. The summed E-state index contributed by atoms with van der Waals surface area (Å²) < 4.78 is 43.5. The quantitative estimate of drug-likeness (QED) is 0.566. The van der Waals surface area contributed by atoms with Gasteiger partial charge in [0.15, 0.2) is 0 Å². The number of methoxy groups -OCH3 is 3. The minimum absolute atomic E-state index is 0.165. The van der Waals surface area contributed by atoms with Crippen molar-refractivity contribution in [2.45, 2.75) is 43.5 Å². The number of nitrogens with one attached hydrogen (secondary N) is 1. The summed E-state index contributed by atoms with van der Waals surface area (Å²) in [5.41, 5.74) is 1.49. The predicted octanol–water partition coefficient (Wildman–Crippen LogP) is 3.31. The summed E-state index contributed by atoms with van der Waals surface area (Å²) in [7, 11) is 1.15. The highest BCUT2D eigenvalue weighted by Crippen LogP contribution is 2.30. The fourth-order valence-corrected chi connectivity index (χ4v) is 5.57. The summed E-state index contributed by atoms with van der Waals surface area (Å²) in [6, 6.07) is 9.97. The zero-order valence-corrected chi connectivity index (χ0v) is 20.4. The highest BCUT2D eigenvalue weighted by atomic mass is 32.2. The summed E-state index contributed by atoms with van der Waals surface area (Å²) in [5.74, 6) is 1.73. The van der Waals surface area contributed by atoms with E-state index in [1.54, 1.807) is 44.6 Å². The Labute approximate surface area is 195 Å².